The van der Waals surface area contributed by atoms with Crippen LogP contribution in [-0.2, 0) is 16.5 Å². The summed E-state index contributed by atoms with van der Waals surface area (Å²) in [6.07, 6.45) is 0.691. The standard InChI is InChI=1S/C12H13BrO4/c1-15-9-5-7-3-4-17-12(14)10(7)11(16-2)8(9)6-13/h5H,3-4,6H2,1-2H3. The molecule has 0 fully saturated rings. The summed E-state index contributed by atoms with van der Waals surface area (Å²) in [6.45, 7) is 0.409. The zero-order chi connectivity index (χ0) is 12.4. The van der Waals surface area contributed by atoms with Crippen molar-refractivity contribution < 1.29 is 19.0 Å². The molecule has 4 nitrogen and oxygen atoms in total. The summed E-state index contributed by atoms with van der Waals surface area (Å²) < 4.78 is 15.7. The smallest absolute Gasteiger partial charge is 0.342 e. The first-order chi connectivity index (χ1) is 8.22. The van der Waals surface area contributed by atoms with E-state index in [2.05, 4.69) is 15.9 Å². The minimum absolute atomic E-state index is 0.326. The van der Waals surface area contributed by atoms with Crippen molar-refractivity contribution in [2.75, 3.05) is 20.8 Å². The minimum Gasteiger partial charge on any atom is -0.496 e. The Hall–Kier alpha value is -1.23. The highest BCUT2D eigenvalue weighted by Crippen LogP contribution is 2.38. The third-order valence-electron chi connectivity index (χ3n) is 2.79. The number of carbonyl (C=O) groups excluding carboxylic acids is 1. The van der Waals surface area contributed by atoms with Gasteiger partial charge in [0.05, 0.1) is 20.8 Å². The number of halogens is 1. The number of benzene rings is 1. The number of cyclic esters (lactones) is 1. The quantitative estimate of drug-likeness (QED) is 0.635. The molecule has 0 radical (unpaired) electrons. The van der Waals surface area contributed by atoms with Gasteiger partial charge in [0.2, 0.25) is 0 Å². The largest absolute Gasteiger partial charge is 0.496 e. The molecule has 0 amide bonds. The Morgan fingerprint density at radius 1 is 1.41 bits per heavy atom. The number of methoxy groups -OCH3 is 2. The van der Waals surface area contributed by atoms with Gasteiger partial charge in [-0.15, -0.1) is 0 Å². The van der Waals surface area contributed by atoms with Gasteiger partial charge in [-0.2, -0.15) is 0 Å². The van der Waals surface area contributed by atoms with Gasteiger partial charge in [-0.3, -0.25) is 0 Å². The van der Waals surface area contributed by atoms with Crippen molar-refractivity contribution in [3.8, 4) is 11.5 Å². The molecule has 1 aliphatic rings. The van der Waals surface area contributed by atoms with Gasteiger partial charge >= 0.3 is 5.97 Å². The van der Waals surface area contributed by atoms with Crippen LogP contribution in [0.3, 0.4) is 0 Å². The summed E-state index contributed by atoms with van der Waals surface area (Å²) in [5.74, 6) is 0.945. The number of esters is 1. The third-order valence-corrected chi connectivity index (χ3v) is 3.35. The Labute approximate surface area is 108 Å². The van der Waals surface area contributed by atoms with Crippen molar-refractivity contribution in [2.45, 2.75) is 11.8 Å². The molecule has 0 bridgehead atoms. The van der Waals surface area contributed by atoms with E-state index in [4.69, 9.17) is 14.2 Å². The van der Waals surface area contributed by atoms with Crippen LogP contribution >= 0.6 is 15.9 Å². The molecule has 1 heterocycles. The molecule has 0 aliphatic carbocycles. The molecule has 1 aromatic rings. The lowest BCUT2D eigenvalue weighted by molar-refractivity contribution is 0.0475. The van der Waals surface area contributed by atoms with E-state index >= 15 is 0 Å². The Morgan fingerprint density at radius 3 is 2.76 bits per heavy atom. The van der Waals surface area contributed by atoms with E-state index in [1.54, 1.807) is 14.2 Å². The Morgan fingerprint density at radius 2 is 2.18 bits per heavy atom. The molecule has 17 heavy (non-hydrogen) atoms. The summed E-state index contributed by atoms with van der Waals surface area (Å²) in [6, 6.07) is 1.88. The van der Waals surface area contributed by atoms with Gasteiger partial charge in [0, 0.05) is 17.3 Å². The second kappa shape index (κ2) is 4.96. The predicted octanol–water partition coefficient (Wildman–Crippen LogP) is 2.31. The van der Waals surface area contributed by atoms with E-state index in [0.29, 0.717) is 29.7 Å². The predicted molar refractivity (Wildman–Crippen MR) is 66.2 cm³/mol. The fourth-order valence-electron chi connectivity index (χ4n) is 2.01. The number of hydrogen-bond donors (Lipinski definition) is 0. The van der Waals surface area contributed by atoms with E-state index in [1.165, 1.54) is 0 Å². The number of carbonyl (C=O) groups is 1. The SMILES string of the molecule is COc1cc2c(c(OC)c1CBr)C(=O)OCC2. The highest BCUT2D eigenvalue weighted by Gasteiger charge is 2.27. The molecule has 92 valence electrons. The van der Waals surface area contributed by atoms with Crippen molar-refractivity contribution >= 4 is 21.9 Å². The Kier molecular flexibility index (Phi) is 3.57. The summed E-state index contributed by atoms with van der Waals surface area (Å²) in [5.41, 5.74) is 2.27. The number of hydrogen-bond acceptors (Lipinski definition) is 4. The van der Waals surface area contributed by atoms with Gasteiger partial charge in [0.15, 0.2) is 0 Å². The van der Waals surface area contributed by atoms with Crippen LogP contribution in [0.5, 0.6) is 11.5 Å². The van der Waals surface area contributed by atoms with Crippen LogP contribution in [0.2, 0.25) is 0 Å². The summed E-state index contributed by atoms with van der Waals surface area (Å²) >= 11 is 3.38. The maximum Gasteiger partial charge on any atom is 0.342 e. The van der Waals surface area contributed by atoms with Gasteiger partial charge in [-0.25, -0.2) is 4.79 Å². The van der Waals surface area contributed by atoms with E-state index < -0.39 is 0 Å². The fourth-order valence-corrected chi connectivity index (χ4v) is 2.54. The van der Waals surface area contributed by atoms with E-state index in [1.807, 2.05) is 6.07 Å². The molecule has 5 heteroatoms. The van der Waals surface area contributed by atoms with Crippen molar-refractivity contribution in [3.05, 3.63) is 22.8 Å². The third kappa shape index (κ3) is 1.99. The first-order valence-corrected chi connectivity index (χ1v) is 6.34. The zero-order valence-electron chi connectivity index (χ0n) is 9.71. The van der Waals surface area contributed by atoms with Gasteiger partial charge < -0.3 is 14.2 Å². The Bertz CT molecular complexity index is 456. The summed E-state index contributed by atoms with van der Waals surface area (Å²) in [7, 11) is 3.15. The zero-order valence-corrected chi connectivity index (χ0v) is 11.3. The second-order valence-corrected chi connectivity index (χ2v) is 4.21. The van der Waals surface area contributed by atoms with E-state index in [-0.39, 0.29) is 5.97 Å². The fraction of sp³-hybridized carbons (Fsp3) is 0.417. The lowest BCUT2D eigenvalue weighted by Crippen LogP contribution is -2.19. The summed E-state index contributed by atoms with van der Waals surface area (Å²) in [5, 5.41) is 0.555. The first kappa shape index (κ1) is 12.2. The monoisotopic (exact) mass is 300 g/mol. The van der Waals surface area contributed by atoms with Crippen LogP contribution in [0.4, 0.5) is 0 Å². The van der Waals surface area contributed by atoms with Crippen molar-refractivity contribution in [2.24, 2.45) is 0 Å². The molecule has 0 unspecified atom stereocenters. The number of fused-ring (bicyclic) bond motifs is 1. The average Bonchev–Trinajstić information content (AvgIpc) is 2.36. The van der Waals surface area contributed by atoms with Crippen molar-refractivity contribution in [1.82, 2.24) is 0 Å². The van der Waals surface area contributed by atoms with Gasteiger partial charge in [-0.05, 0) is 11.6 Å². The molecular formula is C12H13BrO4. The van der Waals surface area contributed by atoms with E-state index in [0.717, 1.165) is 16.9 Å². The second-order valence-electron chi connectivity index (χ2n) is 3.64. The molecular weight excluding hydrogens is 288 g/mol. The number of alkyl halides is 1. The molecule has 0 saturated carbocycles. The van der Waals surface area contributed by atoms with Gasteiger partial charge in [0.1, 0.15) is 17.1 Å². The molecule has 0 spiro atoms. The molecule has 0 atom stereocenters. The average molecular weight is 301 g/mol. The van der Waals surface area contributed by atoms with E-state index in [9.17, 15) is 4.79 Å². The summed E-state index contributed by atoms with van der Waals surface area (Å²) in [4.78, 5) is 11.8. The lowest BCUT2D eigenvalue weighted by Gasteiger charge is -2.22. The highest BCUT2D eigenvalue weighted by molar-refractivity contribution is 9.08. The molecule has 0 saturated heterocycles. The van der Waals surface area contributed by atoms with Crippen LogP contribution in [-0.4, -0.2) is 26.8 Å². The topological polar surface area (TPSA) is 44.8 Å². The van der Waals surface area contributed by atoms with Crippen LogP contribution in [0.1, 0.15) is 21.5 Å². The Balaban J connectivity index is 2.69. The van der Waals surface area contributed by atoms with Crippen molar-refractivity contribution in [1.29, 1.82) is 0 Å². The van der Waals surface area contributed by atoms with Gasteiger partial charge in [0.25, 0.3) is 0 Å². The lowest BCUT2D eigenvalue weighted by atomic mass is 9.98. The van der Waals surface area contributed by atoms with Crippen LogP contribution in [0, 0.1) is 0 Å². The molecule has 1 aromatic carbocycles. The van der Waals surface area contributed by atoms with Gasteiger partial charge in [-0.1, -0.05) is 15.9 Å². The highest BCUT2D eigenvalue weighted by atomic mass is 79.9. The van der Waals surface area contributed by atoms with Crippen molar-refractivity contribution in [3.63, 3.8) is 0 Å². The normalized spacial score (nSPS) is 13.9. The van der Waals surface area contributed by atoms with Crippen LogP contribution < -0.4 is 9.47 Å². The first-order valence-electron chi connectivity index (χ1n) is 5.22. The molecule has 0 aromatic heterocycles. The molecule has 0 N–H and O–H groups in total. The van der Waals surface area contributed by atoms with Crippen LogP contribution in [0.15, 0.2) is 6.07 Å². The molecule has 2 rings (SSSR count). The number of ether oxygens (including phenoxy) is 3. The van der Waals surface area contributed by atoms with Crippen LogP contribution in [0.25, 0.3) is 0 Å². The maximum atomic E-state index is 11.8. The molecule has 1 aliphatic heterocycles. The number of rotatable bonds is 3. The maximum absolute atomic E-state index is 11.8. The minimum atomic E-state index is -0.326.